The SMILES string of the molecule is COc1nc(OC)c2cc(OC)c(OC)c(I)c2n1. The third-order valence-electron chi connectivity index (χ3n) is 2.60. The van der Waals surface area contributed by atoms with Gasteiger partial charge in [0, 0.05) is 0 Å². The first-order valence-electron chi connectivity index (χ1n) is 5.36. The highest BCUT2D eigenvalue weighted by molar-refractivity contribution is 14.1. The number of rotatable bonds is 4. The zero-order valence-electron chi connectivity index (χ0n) is 11.0. The molecule has 0 unspecified atom stereocenters. The first-order valence-corrected chi connectivity index (χ1v) is 6.44. The maximum atomic E-state index is 5.35. The minimum Gasteiger partial charge on any atom is -0.493 e. The van der Waals surface area contributed by atoms with Crippen LogP contribution < -0.4 is 18.9 Å². The van der Waals surface area contributed by atoms with Crippen LogP contribution in [0.15, 0.2) is 6.07 Å². The Morgan fingerprint density at radius 3 is 2.21 bits per heavy atom. The van der Waals surface area contributed by atoms with E-state index in [-0.39, 0.29) is 6.01 Å². The molecule has 0 aliphatic carbocycles. The molecule has 0 amide bonds. The van der Waals surface area contributed by atoms with Gasteiger partial charge in [0.1, 0.15) is 0 Å². The number of methoxy groups -OCH3 is 4. The summed E-state index contributed by atoms with van der Waals surface area (Å²) in [5.41, 5.74) is 0.696. The van der Waals surface area contributed by atoms with Crippen LogP contribution in [-0.4, -0.2) is 38.4 Å². The number of hydrogen-bond donors (Lipinski definition) is 0. The second-order valence-electron chi connectivity index (χ2n) is 3.54. The fourth-order valence-electron chi connectivity index (χ4n) is 1.73. The van der Waals surface area contributed by atoms with Gasteiger partial charge in [-0.1, -0.05) is 0 Å². The summed E-state index contributed by atoms with van der Waals surface area (Å²) in [5.74, 6) is 1.66. The quantitative estimate of drug-likeness (QED) is 0.763. The Hall–Kier alpha value is -1.51. The Kier molecular flexibility index (Phi) is 4.13. The van der Waals surface area contributed by atoms with Gasteiger partial charge < -0.3 is 18.9 Å². The van der Waals surface area contributed by atoms with Crippen LogP contribution in [0.1, 0.15) is 0 Å². The molecule has 2 aromatic rings. The lowest BCUT2D eigenvalue weighted by Gasteiger charge is -2.13. The summed E-state index contributed by atoms with van der Waals surface area (Å²) in [6.45, 7) is 0. The van der Waals surface area contributed by atoms with E-state index in [0.717, 1.165) is 8.96 Å². The van der Waals surface area contributed by atoms with Gasteiger partial charge in [-0.15, -0.1) is 0 Å². The van der Waals surface area contributed by atoms with E-state index in [9.17, 15) is 0 Å². The molecule has 6 nitrogen and oxygen atoms in total. The van der Waals surface area contributed by atoms with Crippen LogP contribution in [0.5, 0.6) is 23.4 Å². The van der Waals surface area contributed by atoms with Crippen molar-refractivity contribution in [2.75, 3.05) is 28.4 Å². The molecular formula is C12H13IN2O4. The summed E-state index contributed by atoms with van der Waals surface area (Å²) in [6.07, 6.45) is 0. The maximum absolute atomic E-state index is 5.35. The fraction of sp³-hybridized carbons (Fsp3) is 0.333. The molecule has 1 aromatic heterocycles. The molecule has 0 aliphatic heterocycles. The normalized spacial score (nSPS) is 10.4. The zero-order valence-corrected chi connectivity index (χ0v) is 13.1. The standard InChI is InChI=1S/C12H13IN2O4/c1-16-7-5-6-9(8(13)10(7)17-2)14-12(19-4)15-11(6)18-3/h5H,1-4H3. The lowest BCUT2D eigenvalue weighted by atomic mass is 10.2. The molecule has 19 heavy (non-hydrogen) atoms. The van der Waals surface area contributed by atoms with Gasteiger partial charge in [-0.3, -0.25) is 0 Å². The number of hydrogen-bond acceptors (Lipinski definition) is 6. The van der Waals surface area contributed by atoms with Crippen molar-refractivity contribution in [1.82, 2.24) is 9.97 Å². The second kappa shape index (κ2) is 5.64. The Bertz CT molecular complexity index is 618. The number of benzene rings is 1. The number of halogens is 1. The van der Waals surface area contributed by atoms with E-state index in [0.29, 0.717) is 22.9 Å². The van der Waals surface area contributed by atoms with Crippen molar-refractivity contribution in [3.05, 3.63) is 9.64 Å². The molecular weight excluding hydrogens is 363 g/mol. The maximum Gasteiger partial charge on any atom is 0.320 e. The van der Waals surface area contributed by atoms with E-state index in [2.05, 4.69) is 32.6 Å². The van der Waals surface area contributed by atoms with Crippen molar-refractivity contribution >= 4 is 33.5 Å². The zero-order chi connectivity index (χ0) is 14.0. The highest BCUT2D eigenvalue weighted by Gasteiger charge is 2.18. The highest BCUT2D eigenvalue weighted by Crippen LogP contribution is 2.40. The van der Waals surface area contributed by atoms with Crippen LogP contribution in [-0.2, 0) is 0 Å². The highest BCUT2D eigenvalue weighted by atomic mass is 127. The summed E-state index contributed by atoms with van der Waals surface area (Å²) >= 11 is 2.15. The molecule has 0 saturated heterocycles. The van der Waals surface area contributed by atoms with Crippen LogP contribution in [0.3, 0.4) is 0 Å². The Morgan fingerprint density at radius 2 is 1.68 bits per heavy atom. The predicted molar refractivity (Wildman–Crippen MR) is 78.5 cm³/mol. The second-order valence-corrected chi connectivity index (χ2v) is 4.62. The van der Waals surface area contributed by atoms with E-state index in [4.69, 9.17) is 18.9 Å². The lowest BCUT2D eigenvalue weighted by Crippen LogP contribution is -2.01. The number of nitrogens with zero attached hydrogens (tertiary/aromatic N) is 2. The molecule has 0 spiro atoms. The number of fused-ring (bicyclic) bond motifs is 1. The fourth-order valence-corrected chi connectivity index (χ4v) is 2.62. The van der Waals surface area contributed by atoms with Gasteiger partial charge >= 0.3 is 6.01 Å². The third kappa shape index (κ3) is 2.34. The van der Waals surface area contributed by atoms with E-state index < -0.39 is 0 Å². The van der Waals surface area contributed by atoms with E-state index in [1.54, 1.807) is 27.4 Å². The van der Waals surface area contributed by atoms with Gasteiger partial charge in [0.2, 0.25) is 5.88 Å². The molecule has 0 aliphatic rings. The van der Waals surface area contributed by atoms with Crippen LogP contribution in [0, 0.1) is 3.57 Å². The van der Waals surface area contributed by atoms with Crippen molar-refractivity contribution in [2.45, 2.75) is 0 Å². The summed E-state index contributed by atoms with van der Waals surface area (Å²) < 4.78 is 21.8. The molecule has 0 atom stereocenters. The molecule has 0 saturated carbocycles. The van der Waals surface area contributed by atoms with Crippen molar-refractivity contribution in [2.24, 2.45) is 0 Å². The molecule has 2 rings (SSSR count). The van der Waals surface area contributed by atoms with E-state index >= 15 is 0 Å². The summed E-state index contributed by atoms with van der Waals surface area (Å²) in [5, 5.41) is 0.741. The van der Waals surface area contributed by atoms with Gasteiger partial charge in [-0.25, -0.2) is 0 Å². The monoisotopic (exact) mass is 376 g/mol. The van der Waals surface area contributed by atoms with Crippen molar-refractivity contribution in [3.8, 4) is 23.4 Å². The van der Waals surface area contributed by atoms with E-state index in [1.807, 2.05) is 0 Å². The lowest BCUT2D eigenvalue weighted by molar-refractivity contribution is 0.349. The first-order chi connectivity index (χ1) is 9.15. The van der Waals surface area contributed by atoms with Crippen molar-refractivity contribution in [1.29, 1.82) is 0 Å². The van der Waals surface area contributed by atoms with Crippen molar-refractivity contribution < 1.29 is 18.9 Å². The average molecular weight is 376 g/mol. The Labute approximate surface area is 124 Å². The summed E-state index contributed by atoms with van der Waals surface area (Å²) in [7, 11) is 6.22. The Balaban J connectivity index is 2.86. The van der Waals surface area contributed by atoms with Crippen molar-refractivity contribution in [3.63, 3.8) is 0 Å². The summed E-state index contributed by atoms with van der Waals surface area (Å²) in [6, 6.07) is 2.03. The smallest absolute Gasteiger partial charge is 0.320 e. The molecule has 0 fully saturated rings. The van der Waals surface area contributed by atoms with Gasteiger partial charge in [0.15, 0.2) is 11.5 Å². The Morgan fingerprint density at radius 1 is 0.947 bits per heavy atom. The molecule has 0 N–H and O–H groups in total. The predicted octanol–water partition coefficient (Wildman–Crippen LogP) is 2.27. The number of ether oxygens (including phenoxy) is 4. The van der Waals surface area contributed by atoms with Gasteiger partial charge in [0.05, 0.1) is 42.9 Å². The van der Waals surface area contributed by atoms with Gasteiger partial charge in [0.25, 0.3) is 0 Å². The molecule has 1 aromatic carbocycles. The molecule has 0 bridgehead atoms. The number of aromatic nitrogens is 2. The summed E-state index contributed by atoms with van der Waals surface area (Å²) in [4.78, 5) is 8.48. The van der Waals surface area contributed by atoms with E-state index in [1.165, 1.54) is 7.11 Å². The molecule has 1 heterocycles. The van der Waals surface area contributed by atoms with Gasteiger partial charge in [-0.2, -0.15) is 9.97 Å². The minimum absolute atomic E-state index is 0.245. The van der Waals surface area contributed by atoms with Crippen LogP contribution in [0.4, 0.5) is 0 Å². The van der Waals surface area contributed by atoms with Crippen LogP contribution in [0.25, 0.3) is 10.9 Å². The van der Waals surface area contributed by atoms with Gasteiger partial charge in [-0.05, 0) is 28.7 Å². The largest absolute Gasteiger partial charge is 0.493 e. The molecule has 102 valence electrons. The molecule has 0 radical (unpaired) electrons. The van der Waals surface area contributed by atoms with Crippen LogP contribution in [0.2, 0.25) is 0 Å². The molecule has 7 heteroatoms. The minimum atomic E-state index is 0.245. The topological polar surface area (TPSA) is 62.7 Å². The van der Waals surface area contributed by atoms with Crippen LogP contribution >= 0.6 is 22.6 Å². The first kappa shape index (κ1) is 13.9. The third-order valence-corrected chi connectivity index (χ3v) is 3.60. The average Bonchev–Trinajstić information content (AvgIpc) is 2.45.